The number of methoxy groups -OCH3 is 1. The normalized spacial score (nSPS) is 24.1. The Hall–Kier alpha value is -1.49. The number of benzene rings is 1. The predicted molar refractivity (Wildman–Crippen MR) is 54.3 cm³/mol. The molecule has 0 fully saturated rings. The molecule has 72 valence electrons. The molecule has 1 aromatic carbocycles. The lowest BCUT2D eigenvalue weighted by Gasteiger charge is -2.15. The predicted octanol–water partition coefficient (Wildman–Crippen LogP) is 2.42. The van der Waals surface area contributed by atoms with Gasteiger partial charge in [0, 0.05) is 0 Å². The Balaban J connectivity index is 2.54. The van der Waals surface area contributed by atoms with Crippen molar-refractivity contribution in [2.45, 2.75) is 25.2 Å². The van der Waals surface area contributed by atoms with Gasteiger partial charge < -0.3 is 4.74 Å². The first-order chi connectivity index (χ1) is 6.69. The number of ether oxygens (including phenoxy) is 1. The highest BCUT2D eigenvalue weighted by Crippen LogP contribution is 2.39. The topological polar surface area (TPSA) is 33.0 Å². The molecular formula is C12H13NO. The van der Waals surface area contributed by atoms with Crippen LogP contribution in [0, 0.1) is 11.3 Å². The minimum atomic E-state index is -0.316. The summed E-state index contributed by atoms with van der Waals surface area (Å²) in [4.78, 5) is 0. The number of nitriles is 1. The molecule has 0 spiro atoms. The first kappa shape index (κ1) is 9.08. The van der Waals surface area contributed by atoms with Gasteiger partial charge >= 0.3 is 0 Å². The molecule has 1 atom stereocenters. The van der Waals surface area contributed by atoms with Crippen LogP contribution < -0.4 is 4.74 Å². The molecule has 0 amide bonds. The fraction of sp³-hybridized carbons (Fsp3) is 0.417. The zero-order valence-electron chi connectivity index (χ0n) is 8.50. The van der Waals surface area contributed by atoms with Crippen molar-refractivity contribution >= 4 is 0 Å². The number of rotatable bonds is 1. The van der Waals surface area contributed by atoms with E-state index < -0.39 is 0 Å². The van der Waals surface area contributed by atoms with Crippen LogP contribution in [0.1, 0.15) is 24.5 Å². The number of hydrogen-bond donors (Lipinski definition) is 0. The second-order valence-corrected chi connectivity index (χ2v) is 3.97. The SMILES string of the molecule is COc1ccc2c(c1)C(C)(C#N)CC2. The van der Waals surface area contributed by atoms with Crippen molar-refractivity contribution in [3.8, 4) is 11.8 Å². The Bertz CT molecular complexity index is 405. The van der Waals surface area contributed by atoms with Crippen LogP contribution in [-0.4, -0.2) is 7.11 Å². The van der Waals surface area contributed by atoms with Gasteiger partial charge in [0.25, 0.3) is 0 Å². The maximum atomic E-state index is 9.14. The van der Waals surface area contributed by atoms with E-state index in [0.29, 0.717) is 0 Å². The third kappa shape index (κ3) is 1.17. The molecule has 14 heavy (non-hydrogen) atoms. The second-order valence-electron chi connectivity index (χ2n) is 3.97. The molecule has 2 heteroatoms. The summed E-state index contributed by atoms with van der Waals surface area (Å²) >= 11 is 0. The summed E-state index contributed by atoms with van der Waals surface area (Å²) in [5.74, 6) is 0.840. The summed E-state index contributed by atoms with van der Waals surface area (Å²) < 4.78 is 5.17. The van der Waals surface area contributed by atoms with Crippen LogP contribution in [0.4, 0.5) is 0 Å². The maximum Gasteiger partial charge on any atom is 0.119 e. The van der Waals surface area contributed by atoms with Crippen molar-refractivity contribution in [3.63, 3.8) is 0 Å². The van der Waals surface area contributed by atoms with E-state index in [2.05, 4.69) is 12.1 Å². The van der Waals surface area contributed by atoms with E-state index in [0.717, 1.165) is 24.2 Å². The molecule has 0 heterocycles. The zero-order chi connectivity index (χ0) is 10.2. The van der Waals surface area contributed by atoms with Gasteiger partial charge in [0.05, 0.1) is 18.6 Å². The summed E-state index contributed by atoms with van der Waals surface area (Å²) in [5.41, 5.74) is 2.11. The summed E-state index contributed by atoms with van der Waals surface area (Å²) in [6.07, 6.45) is 1.93. The van der Waals surface area contributed by atoms with Crippen LogP contribution in [0.2, 0.25) is 0 Å². The van der Waals surface area contributed by atoms with Crippen LogP contribution in [0.15, 0.2) is 18.2 Å². The molecule has 0 N–H and O–H groups in total. The minimum absolute atomic E-state index is 0.316. The molecule has 0 saturated carbocycles. The Kier molecular flexibility index (Phi) is 1.96. The smallest absolute Gasteiger partial charge is 0.119 e. The first-order valence-electron chi connectivity index (χ1n) is 4.78. The van der Waals surface area contributed by atoms with Crippen molar-refractivity contribution < 1.29 is 4.74 Å². The lowest BCUT2D eigenvalue weighted by Crippen LogP contribution is -2.14. The summed E-state index contributed by atoms with van der Waals surface area (Å²) in [5, 5.41) is 9.14. The van der Waals surface area contributed by atoms with Crippen molar-refractivity contribution in [3.05, 3.63) is 29.3 Å². The monoisotopic (exact) mass is 187 g/mol. The average molecular weight is 187 g/mol. The molecule has 0 bridgehead atoms. The van der Waals surface area contributed by atoms with Crippen molar-refractivity contribution in [1.82, 2.24) is 0 Å². The van der Waals surface area contributed by atoms with Gasteiger partial charge in [-0.3, -0.25) is 0 Å². The molecule has 1 aliphatic carbocycles. The van der Waals surface area contributed by atoms with Crippen LogP contribution >= 0.6 is 0 Å². The highest BCUT2D eigenvalue weighted by Gasteiger charge is 2.34. The molecule has 0 aliphatic heterocycles. The van der Waals surface area contributed by atoms with Crippen molar-refractivity contribution in [1.29, 1.82) is 5.26 Å². The Morgan fingerprint density at radius 2 is 2.29 bits per heavy atom. The summed E-state index contributed by atoms with van der Waals surface area (Å²) in [7, 11) is 1.65. The van der Waals surface area contributed by atoms with E-state index >= 15 is 0 Å². The quantitative estimate of drug-likeness (QED) is 0.676. The lowest BCUT2D eigenvalue weighted by atomic mass is 9.86. The van der Waals surface area contributed by atoms with Crippen LogP contribution in [0.3, 0.4) is 0 Å². The molecule has 1 aliphatic rings. The van der Waals surface area contributed by atoms with E-state index in [4.69, 9.17) is 10.00 Å². The van der Waals surface area contributed by atoms with Crippen LogP contribution in [-0.2, 0) is 11.8 Å². The third-order valence-electron chi connectivity index (χ3n) is 3.05. The molecule has 2 rings (SSSR count). The van der Waals surface area contributed by atoms with Crippen molar-refractivity contribution in [2.75, 3.05) is 7.11 Å². The first-order valence-corrected chi connectivity index (χ1v) is 4.78. The number of fused-ring (bicyclic) bond motifs is 1. The molecule has 0 saturated heterocycles. The minimum Gasteiger partial charge on any atom is -0.497 e. The molecule has 2 nitrogen and oxygen atoms in total. The van der Waals surface area contributed by atoms with E-state index in [1.165, 1.54) is 5.56 Å². The highest BCUT2D eigenvalue weighted by molar-refractivity contribution is 5.47. The molecule has 0 aromatic heterocycles. The van der Waals surface area contributed by atoms with Crippen LogP contribution in [0.25, 0.3) is 0 Å². The van der Waals surface area contributed by atoms with E-state index in [1.54, 1.807) is 7.11 Å². The number of nitrogens with zero attached hydrogens (tertiary/aromatic N) is 1. The molecule has 0 radical (unpaired) electrons. The summed E-state index contributed by atoms with van der Waals surface area (Å²) in [6.45, 7) is 2.00. The fourth-order valence-corrected chi connectivity index (χ4v) is 2.05. The van der Waals surface area contributed by atoms with Gasteiger partial charge in [-0.15, -0.1) is 0 Å². The van der Waals surface area contributed by atoms with Gasteiger partial charge in [-0.05, 0) is 43.0 Å². The van der Waals surface area contributed by atoms with Gasteiger partial charge in [-0.2, -0.15) is 5.26 Å². The van der Waals surface area contributed by atoms with Gasteiger partial charge in [-0.25, -0.2) is 0 Å². The van der Waals surface area contributed by atoms with Gasteiger partial charge in [0.1, 0.15) is 5.75 Å². The maximum absolute atomic E-state index is 9.14. The lowest BCUT2D eigenvalue weighted by molar-refractivity contribution is 0.413. The number of aryl methyl sites for hydroxylation is 1. The highest BCUT2D eigenvalue weighted by atomic mass is 16.5. The second kappa shape index (κ2) is 3.02. The van der Waals surface area contributed by atoms with E-state index in [9.17, 15) is 0 Å². The van der Waals surface area contributed by atoms with Gasteiger partial charge in [-0.1, -0.05) is 6.07 Å². The van der Waals surface area contributed by atoms with Crippen LogP contribution in [0.5, 0.6) is 5.75 Å². The Morgan fingerprint density at radius 3 is 2.93 bits per heavy atom. The zero-order valence-corrected chi connectivity index (χ0v) is 8.50. The summed E-state index contributed by atoms with van der Waals surface area (Å²) in [6, 6.07) is 8.41. The Labute approximate surface area is 84.1 Å². The molecule has 1 unspecified atom stereocenters. The fourth-order valence-electron chi connectivity index (χ4n) is 2.05. The molecule has 1 aromatic rings. The molecular weight excluding hydrogens is 174 g/mol. The average Bonchev–Trinajstić information content (AvgIpc) is 2.57. The van der Waals surface area contributed by atoms with E-state index in [1.807, 2.05) is 19.1 Å². The number of hydrogen-bond acceptors (Lipinski definition) is 2. The van der Waals surface area contributed by atoms with Crippen molar-refractivity contribution in [2.24, 2.45) is 0 Å². The van der Waals surface area contributed by atoms with Gasteiger partial charge in [0.2, 0.25) is 0 Å². The third-order valence-corrected chi connectivity index (χ3v) is 3.05. The standard InChI is InChI=1S/C12H13NO/c1-12(8-13)6-5-9-3-4-10(14-2)7-11(9)12/h3-4,7H,5-6H2,1-2H3. The van der Waals surface area contributed by atoms with Gasteiger partial charge in [0.15, 0.2) is 0 Å². The largest absolute Gasteiger partial charge is 0.497 e. The van der Waals surface area contributed by atoms with E-state index in [-0.39, 0.29) is 5.41 Å². The Morgan fingerprint density at radius 1 is 1.50 bits per heavy atom.